The van der Waals surface area contributed by atoms with Crippen LogP contribution in [0.3, 0.4) is 0 Å². The molecule has 0 unspecified atom stereocenters. The Bertz CT molecular complexity index is 782. The number of ether oxygens (including phenoxy) is 1. The van der Waals surface area contributed by atoms with E-state index in [1.165, 1.54) is 10.9 Å². The van der Waals surface area contributed by atoms with Crippen LogP contribution in [0.15, 0.2) is 24.4 Å². The average Bonchev–Trinajstić information content (AvgIpc) is 2.86. The molecule has 0 atom stereocenters. The minimum atomic E-state index is -1.15. The second-order valence-corrected chi connectivity index (χ2v) is 6.27. The van der Waals surface area contributed by atoms with Crippen molar-refractivity contribution < 1.29 is 14.6 Å². The number of carboxylic acid groups (broad SMARTS) is 1. The number of nitrogens with two attached hydrogens (primary N) is 1. The molecule has 0 saturated heterocycles. The van der Waals surface area contributed by atoms with E-state index in [0.29, 0.717) is 23.7 Å². The molecule has 0 aliphatic carbocycles. The van der Waals surface area contributed by atoms with Crippen LogP contribution in [0.25, 0.3) is 10.5 Å². The van der Waals surface area contributed by atoms with Crippen LogP contribution in [-0.4, -0.2) is 27.5 Å². The Kier molecular flexibility index (Phi) is 4.27. The molecule has 0 bridgehead atoms. The molecule has 0 aliphatic rings. The summed E-state index contributed by atoms with van der Waals surface area (Å²) in [6.07, 6.45) is 1.18. The zero-order valence-corrected chi connectivity index (χ0v) is 13.2. The molecule has 1 aromatic heterocycles. The fourth-order valence-electron chi connectivity index (χ4n) is 1.87. The second kappa shape index (κ2) is 6.01. The zero-order chi connectivity index (χ0) is 17.2. The number of hydrogen-bond acceptors (Lipinski definition) is 4. The van der Waals surface area contributed by atoms with Crippen LogP contribution in [0.2, 0.25) is 0 Å². The third-order valence-electron chi connectivity index (χ3n) is 3.01. The Morgan fingerprint density at radius 2 is 2.17 bits per heavy atom. The number of aromatic carboxylic acids is 1. The first-order chi connectivity index (χ1) is 10.7. The average molecular weight is 314 g/mol. The van der Waals surface area contributed by atoms with Gasteiger partial charge in [-0.05, 0) is 23.6 Å². The Morgan fingerprint density at radius 1 is 1.48 bits per heavy atom. The molecule has 0 saturated carbocycles. The van der Waals surface area contributed by atoms with Gasteiger partial charge in [-0.1, -0.05) is 20.8 Å². The SMILES string of the molecule is [C-]#[N+]c1cc(-n2ncc(C(=O)O)c2N)ccc1OCC(C)(C)C. The maximum Gasteiger partial charge on any atom is 0.341 e. The molecule has 2 rings (SSSR count). The maximum absolute atomic E-state index is 11.0. The second-order valence-electron chi connectivity index (χ2n) is 6.27. The number of rotatable bonds is 4. The van der Waals surface area contributed by atoms with Gasteiger partial charge in [-0.3, -0.25) is 0 Å². The van der Waals surface area contributed by atoms with Gasteiger partial charge in [0.1, 0.15) is 17.1 Å². The molecule has 0 spiro atoms. The summed E-state index contributed by atoms with van der Waals surface area (Å²) >= 11 is 0. The van der Waals surface area contributed by atoms with Gasteiger partial charge in [-0.25, -0.2) is 14.3 Å². The molecule has 1 heterocycles. The summed E-state index contributed by atoms with van der Waals surface area (Å²) in [5.41, 5.74) is 6.51. The van der Waals surface area contributed by atoms with E-state index in [4.69, 9.17) is 22.1 Å². The van der Waals surface area contributed by atoms with E-state index in [-0.39, 0.29) is 16.8 Å². The number of nitrogens with zero attached hydrogens (tertiary/aromatic N) is 3. The van der Waals surface area contributed by atoms with Crippen LogP contribution in [0.1, 0.15) is 31.1 Å². The first-order valence-corrected chi connectivity index (χ1v) is 6.94. The van der Waals surface area contributed by atoms with Crippen molar-refractivity contribution in [3.63, 3.8) is 0 Å². The highest BCUT2D eigenvalue weighted by Gasteiger charge is 2.17. The highest BCUT2D eigenvalue weighted by atomic mass is 16.5. The minimum Gasteiger partial charge on any atom is -0.504 e. The van der Waals surface area contributed by atoms with Crippen LogP contribution < -0.4 is 10.5 Å². The first kappa shape index (κ1) is 16.4. The topological polar surface area (TPSA) is 94.7 Å². The lowest BCUT2D eigenvalue weighted by Gasteiger charge is -2.19. The summed E-state index contributed by atoms with van der Waals surface area (Å²) in [7, 11) is 0. The molecule has 23 heavy (non-hydrogen) atoms. The zero-order valence-electron chi connectivity index (χ0n) is 13.2. The molecule has 2 aromatic rings. The summed E-state index contributed by atoms with van der Waals surface area (Å²) in [4.78, 5) is 14.5. The predicted octanol–water partition coefficient (Wildman–Crippen LogP) is 3.13. The summed E-state index contributed by atoms with van der Waals surface area (Å²) in [5.74, 6) is -0.663. The smallest absolute Gasteiger partial charge is 0.341 e. The van der Waals surface area contributed by atoms with Gasteiger partial charge < -0.3 is 15.6 Å². The van der Waals surface area contributed by atoms with Gasteiger partial charge in [0.2, 0.25) is 5.69 Å². The molecule has 7 heteroatoms. The molecule has 7 nitrogen and oxygen atoms in total. The van der Waals surface area contributed by atoms with Crippen molar-refractivity contribution in [2.45, 2.75) is 20.8 Å². The van der Waals surface area contributed by atoms with Crippen molar-refractivity contribution in [3.05, 3.63) is 41.4 Å². The number of carbonyl (C=O) groups is 1. The van der Waals surface area contributed by atoms with Crippen LogP contribution in [-0.2, 0) is 0 Å². The van der Waals surface area contributed by atoms with E-state index >= 15 is 0 Å². The molecule has 1 aromatic carbocycles. The van der Waals surface area contributed by atoms with Gasteiger partial charge in [0.05, 0.1) is 25.1 Å². The van der Waals surface area contributed by atoms with Crippen LogP contribution in [0, 0.1) is 12.0 Å². The third-order valence-corrected chi connectivity index (χ3v) is 3.01. The molecule has 120 valence electrons. The Labute approximate surface area is 134 Å². The Balaban J connectivity index is 2.36. The first-order valence-electron chi connectivity index (χ1n) is 6.94. The highest BCUT2D eigenvalue weighted by Crippen LogP contribution is 2.32. The number of nitrogen functional groups attached to an aromatic ring is 1. The maximum atomic E-state index is 11.0. The number of aromatic nitrogens is 2. The normalized spacial score (nSPS) is 11.0. The van der Waals surface area contributed by atoms with E-state index in [9.17, 15) is 4.79 Å². The lowest BCUT2D eigenvalue weighted by atomic mass is 9.99. The van der Waals surface area contributed by atoms with Gasteiger partial charge in [0.15, 0.2) is 0 Å². The fourth-order valence-corrected chi connectivity index (χ4v) is 1.87. The van der Waals surface area contributed by atoms with E-state index in [2.05, 4.69) is 9.94 Å². The lowest BCUT2D eigenvalue weighted by Crippen LogP contribution is -2.16. The summed E-state index contributed by atoms with van der Waals surface area (Å²) < 4.78 is 6.97. The van der Waals surface area contributed by atoms with E-state index in [1.807, 2.05) is 20.8 Å². The molecule has 0 aliphatic heterocycles. The fraction of sp³-hybridized carbons (Fsp3) is 0.312. The number of hydrogen-bond donors (Lipinski definition) is 2. The van der Waals surface area contributed by atoms with Crippen molar-refractivity contribution in [2.75, 3.05) is 12.3 Å². The number of anilines is 1. The standard InChI is InChI=1S/C16H18N4O3/c1-16(2,3)9-23-13-6-5-10(7-12(13)18-4)20-14(17)11(8-19-20)15(21)22/h5-8H,9,17H2,1-3H3,(H,21,22). The predicted molar refractivity (Wildman–Crippen MR) is 86.1 cm³/mol. The van der Waals surface area contributed by atoms with Gasteiger partial charge in [0, 0.05) is 0 Å². The molecule has 0 amide bonds. The van der Waals surface area contributed by atoms with E-state index in [0.717, 1.165) is 0 Å². The van der Waals surface area contributed by atoms with Gasteiger partial charge in [0.25, 0.3) is 0 Å². The van der Waals surface area contributed by atoms with Gasteiger partial charge in [-0.2, -0.15) is 5.10 Å². The Hall–Kier alpha value is -3.01. The molecular formula is C16H18N4O3. The van der Waals surface area contributed by atoms with Crippen molar-refractivity contribution >= 4 is 17.5 Å². The summed E-state index contributed by atoms with van der Waals surface area (Å²) in [5, 5.41) is 13.0. The van der Waals surface area contributed by atoms with E-state index < -0.39 is 5.97 Å². The number of carboxylic acids is 1. The summed E-state index contributed by atoms with van der Waals surface area (Å²) in [6.45, 7) is 13.9. The van der Waals surface area contributed by atoms with E-state index in [1.54, 1.807) is 18.2 Å². The lowest BCUT2D eigenvalue weighted by molar-refractivity contribution is 0.0698. The Morgan fingerprint density at radius 3 is 2.70 bits per heavy atom. The van der Waals surface area contributed by atoms with Crippen molar-refractivity contribution in [1.29, 1.82) is 0 Å². The molecule has 0 radical (unpaired) electrons. The molecular weight excluding hydrogens is 296 g/mol. The number of benzene rings is 1. The van der Waals surface area contributed by atoms with Crippen LogP contribution in [0.4, 0.5) is 11.5 Å². The van der Waals surface area contributed by atoms with Crippen molar-refractivity contribution in [2.24, 2.45) is 5.41 Å². The molecule has 3 N–H and O–H groups in total. The minimum absolute atomic E-state index is 0.0109. The van der Waals surface area contributed by atoms with Crippen molar-refractivity contribution in [1.82, 2.24) is 9.78 Å². The van der Waals surface area contributed by atoms with Gasteiger partial charge >= 0.3 is 5.97 Å². The highest BCUT2D eigenvalue weighted by molar-refractivity contribution is 5.92. The van der Waals surface area contributed by atoms with Crippen LogP contribution >= 0.6 is 0 Å². The molecule has 0 fully saturated rings. The monoisotopic (exact) mass is 314 g/mol. The van der Waals surface area contributed by atoms with Crippen LogP contribution in [0.5, 0.6) is 5.75 Å². The summed E-state index contributed by atoms with van der Waals surface area (Å²) in [6, 6.07) is 4.91. The largest absolute Gasteiger partial charge is 0.504 e. The quantitative estimate of drug-likeness (QED) is 0.845. The van der Waals surface area contributed by atoms with Gasteiger partial charge in [-0.15, -0.1) is 0 Å². The van der Waals surface area contributed by atoms with Crippen molar-refractivity contribution in [3.8, 4) is 11.4 Å². The third kappa shape index (κ3) is 3.61.